The molecule has 4 amide bonds. The van der Waals surface area contributed by atoms with Gasteiger partial charge in [0, 0.05) is 12.8 Å². The van der Waals surface area contributed by atoms with E-state index >= 15 is 0 Å². The van der Waals surface area contributed by atoms with Crippen LogP contribution in [0.25, 0.3) is 0 Å². The average Bonchev–Trinajstić information content (AvgIpc) is 2.78. The third-order valence-electron chi connectivity index (χ3n) is 4.89. The lowest BCUT2D eigenvalue weighted by molar-refractivity contribution is -0.147. The second-order valence-corrected chi connectivity index (χ2v) is 7.95. The van der Waals surface area contributed by atoms with Crippen LogP contribution in [0, 0.1) is 0 Å². The standard InChI is InChI=1S/C20H34N6O10/c21-8-2-1-3-11(18(33)26-13(20(35)36)9-16(30)31)25-19(34)12(5-7-15(28)29)24-17(32)10(22)4-6-14(23)27/h10-13H,1-9,21-22H2,(H2,23,27)(H,24,32)(H,25,34)(H,26,33)(H,28,29)(H,30,31)(H,35,36). The first-order valence-electron chi connectivity index (χ1n) is 11.1. The molecule has 0 saturated heterocycles. The van der Waals surface area contributed by atoms with E-state index in [-0.39, 0.29) is 32.2 Å². The van der Waals surface area contributed by atoms with E-state index in [1.807, 2.05) is 5.32 Å². The Morgan fingerprint density at radius 3 is 1.67 bits per heavy atom. The molecule has 4 atom stereocenters. The molecule has 0 aliphatic carbocycles. The summed E-state index contributed by atoms with van der Waals surface area (Å²) in [5, 5.41) is 33.6. The molecule has 12 N–H and O–H groups in total. The molecule has 0 rings (SSSR count). The number of unbranched alkanes of at least 4 members (excludes halogenated alkanes) is 1. The zero-order valence-corrected chi connectivity index (χ0v) is 19.6. The van der Waals surface area contributed by atoms with Crippen molar-refractivity contribution in [1.29, 1.82) is 0 Å². The predicted molar refractivity (Wildman–Crippen MR) is 122 cm³/mol. The van der Waals surface area contributed by atoms with E-state index in [2.05, 4.69) is 10.6 Å². The van der Waals surface area contributed by atoms with E-state index in [1.54, 1.807) is 0 Å². The Balaban J connectivity index is 5.58. The van der Waals surface area contributed by atoms with Crippen LogP contribution >= 0.6 is 0 Å². The first-order chi connectivity index (χ1) is 16.8. The van der Waals surface area contributed by atoms with Crippen LogP contribution in [0.5, 0.6) is 0 Å². The lowest BCUT2D eigenvalue weighted by Crippen LogP contribution is -2.57. The number of carboxylic acids is 3. The fourth-order valence-corrected chi connectivity index (χ4v) is 2.93. The van der Waals surface area contributed by atoms with E-state index in [0.717, 1.165) is 0 Å². The molecule has 4 unspecified atom stereocenters. The SMILES string of the molecule is NCCCCC(NC(=O)C(CCC(=O)O)NC(=O)C(N)CCC(N)=O)C(=O)NC(CC(=O)O)C(=O)O. The number of hydrogen-bond donors (Lipinski definition) is 9. The Labute approximate surface area is 206 Å². The monoisotopic (exact) mass is 518 g/mol. The van der Waals surface area contributed by atoms with Gasteiger partial charge >= 0.3 is 17.9 Å². The summed E-state index contributed by atoms with van der Waals surface area (Å²) >= 11 is 0. The average molecular weight is 519 g/mol. The Morgan fingerprint density at radius 1 is 0.667 bits per heavy atom. The fourth-order valence-electron chi connectivity index (χ4n) is 2.93. The van der Waals surface area contributed by atoms with Crippen molar-refractivity contribution in [2.45, 2.75) is 75.5 Å². The molecule has 0 aliphatic heterocycles. The number of amides is 4. The molecule has 0 aromatic carbocycles. The van der Waals surface area contributed by atoms with Gasteiger partial charge in [-0.15, -0.1) is 0 Å². The molecule has 0 heterocycles. The molecular formula is C20H34N6O10. The van der Waals surface area contributed by atoms with Crippen LogP contribution in [0.15, 0.2) is 0 Å². The molecule has 0 radical (unpaired) electrons. The van der Waals surface area contributed by atoms with Crippen molar-refractivity contribution in [1.82, 2.24) is 16.0 Å². The number of nitrogens with one attached hydrogen (secondary N) is 3. The number of carbonyl (C=O) groups excluding carboxylic acids is 4. The summed E-state index contributed by atoms with van der Waals surface area (Å²) < 4.78 is 0. The summed E-state index contributed by atoms with van der Waals surface area (Å²) in [7, 11) is 0. The van der Waals surface area contributed by atoms with Gasteiger partial charge in [0.15, 0.2) is 0 Å². The maximum atomic E-state index is 12.9. The Morgan fingerprint density at radius 2 is 1.19 bits per heavy atom. The number of carbonyl (C=O) groups is 7. The lowest BCUT2D eigenvalue weighted by atomic mass is 10.0. The zero-order chi connectivity index (χ0) is 27.8. The maximum Gasteiger partial charge on any atom is 0.326 e. The van der Waals surface area contributed by atoms with Gasteiger partial charge in [-0.05, 0) is 38.6 Å². The first-order valence-corrected chi connectivity index (χ1v) is 11.1. The summed E-state index contributed by atoms with van der Waals surface area (Å²) in [5.41, 5.74) is 16.1. The lowest BCUT2D eigenvalue weighted by Gasteiger charge is -2.25. The Hall–Kier alpha value is -3.79. The summed E-state index contributed by atoms with van der Waals surface area (Å²) in [6.45, 7) is 0.263. The van der Waals surface area contributed by atoms with Crippen molar-refractivity contribution in [2.75, 3.05) is 6.54 Å². The van der Waals surface area contributed by atoms with Crippen molar-refractivity contribution in [3.05, 3.63) is 0 Å². The van der Waals surface area contributed by atoms with E-state index in [9.17, 15) is 33.6 Å². The van der Waals surface area contributed by atoms with Crippen molar-refractivity contribution in [3.63, 3.8) is 0 Å². The van der Waals surface area contributed by atoms with Gasteiger partial charge in [0.05, 0.1) is 12.5 Å². The van der Waals surface area contributed by atoms with Gasteiger partial charge < -0.3 is 48.5 Å². The minimum atomic E-state index is -1.77. The number of nitrogens with two attached hydrogens (primary N) is 3. The number of carboxylic acid groups (broad SMARTS) is 3. The van der Waals surface area contributed by atoms with E-state index < -0.39 is 78.5 Å². The van der Waals surface area contributed by atoms with Gasteiger partial charge in [0.25, 0.3) is 0 Å². The molecule has 0 saturated carbocycles. The first kappa shape index (κ1) is 32.2. The third kappa shape index (κ3) is 13.8. The van der Waals surface area contributed by atoms with Crippen molar-refractivity contribution in [2.24, 2.45) is 17.2 Å². The summed E-state index contributed by atoms with van der Waals surface area (Å²) in [5.74, 6) is -7.86. The molecule has 16 heteroatoms. The van der Waals surface area contributed by atoms with Gasteiger partial charge in [0.2, 0.25) is 23.6 Å². The van der Waals surface area contributed by atoms with Gasteiger partial charge in [-0.2, -0.15) is 0 Å². The van der Waals surface area contributed by atoms with Crippen LogP contribution < -0.4 is 33.2 Å². The minimum Gasteiger partial charge on any atom is -0.481 e. The van der Waals surface area contributed by atoms with E-state index in [0.29, 0.717) is 12.8 Å². The molecule has 0 aliphatic rings. The topological polar surface area (TPSA) is 294 Å². The summed E-state index contributed by atoms with van der Waals surface area (Å²) in [6, 6.07) is -5.77. The highest BCUT2D eigenvalue weighted by Crippen LogP contribution is 2.06. The van der Waals surface area contributed by atoms with Gasteiger partial charge in [-0.25, -0.2) is 4.79 Å². The smallest absolute Gasteiger partial charge is 0.326 e. The molecule has 0 aromatic rings. The van der Waals surface area contributed by atoms with Crippen LogP contribution in [0.4, 0.5) is 0 Å². The van der Waals surface area contributed by atoms with Crippen LogP contribution in [-0.4, -0.2) is 87.6 Å². The number of rotatable bonds is 19. The predicted octanol–water partition coefficient (Wildman–Crippen LogP) is -3.41. The minimum absolute atomic E-state index is 0.00803. The summed E-state index contributed by atoms with van der Waals surface area (Å²) in [4.78, 5) is 82.0. The third-order valence-corrected chi connectivity index (χ3v) is 4.89. The normalized spacial score (nSPS) is 13.9. The second-order valence-electron chi connectivity index (χ2n) is 7.95. The molecule has 36 heavy (non-hydrogen) atoms. The molecule has 0 aromatic heterocycles. The quantitative estimate of drug-likeness (QED) is 0.0755. The van der Waals surface area contributed by atoms with E-state index in [1.165, 1.54) is 0 Å². The molecule has 0 bridgehead atoms. The highest BCUT2D eigenvalue weighted by atomic mass is 16.4. The molecular weight excluding hydrogens is 484 g/mol. The van der Waals surface area contributed by atoms with Crippen LogP contribution in [-0.2, 0) is 33.6 Å². The fraction of sp³-hybridized carbons (Fsp3) is 0.650. The zero-order valence-electron chi connectivity index (χ0n) is 19.6. The highest BCUT2D eigenvalue weighted by Gasteiger charge is 2.31. The Kier molecular flexibility index (Phi) is 15.0. The van der Waals surface area contributed by atoms with Crippen LogP contribution in [0.2, 0.25) is 0 Å². The Bertz CT molecular complexity index is 821. The highest BCUT2D eigenvalue weighted by molar-refractivity contribution is 5.94. The maximum absolute atomic E-state index is 12.9. The molecule has 16 nitrogen and oxygen atoms in total. The summed E-state index contributed by atoms with van der Waals surface area (Å²) in [6.07, 6.45) is -1.37. The largest absolute Gasteiger partial charge is 0.481 e. The molecule has 0 fully saturated rings. The van der Waals surface area contributed by atoms with Gasteiger partial charge in [-0.1, -0.05) is 0 Å². The van der Waals surface area contributed by atoms with Crippen molar-refractivity contribution < 1.29 is 48.9 Å². The van der Waals surface area contributed by atoms with Gasteiger partial charge in [-0.3, -0.25) is 28.8 Å². The van der Waals surface area contributed by atoms with Crippen LogP contribution in [0.1, 0.15) is 51.4 Å². The number of primary amides is 1. The van der Waals surface area contributed by atoms with Crippen molar-refractivity contribution in [3.8, 4) is 0 Å². The second kappa shape index (κ2) is 16.8. The van der Waals surface area contributed by atoms with Gasteiger partial charge in [0.1, 0.15) is 18.1 Å². The number of hydrogen-bond acceptors (Lipinski definition) is 9. The van der Waals surface area contributed by atoms with E-state index in [4.69, 9.17) is 32.5 Å². The molecule has 204 valence electrons. The molecule has 0 spiro atoms. The van der Waals surface area contributed by atoms with Crippen LogP contribution in [0.3, 0.4) is 0 Å². The number of aliphatic carboxylic acids is 3. The van der Waals surface area contributed by atoms with Crippen molar-refractivity contribution >= 4 is 41.5 Å².